The molecule has 2 N–H and O–H groups in total. The maximum atomic E-state index is 9.18. The van der Waals surface area contributed by atoms with Crippen LogP contribution in [0.5, 0.6) is 0 Å². The number of pyridine rings is 1. The van der Waals surface area contributed by atoms with Crippen LogP contribution in [0.25, 0.3) is 11.0 Å². The molecule has 2 aromatic heterocycles. The van der Waals surface area contributed by atoms with Crippen molar-refractivity contribution in [1.82, 2.24) is 20.1 Å². The predicted octanol–water partition coefficient (Wildman–Crippen LogP) is 0.374. The fraction of sp³-hybridized carbons (Fsp3) is 0.538. The third kappa shape index (κ3) is 3.09. The molecule has 0 aliphatic rings. The summed E-state index contributed by atoms with van der Waals surface area (Å²) in [5.74, 6) is 0. The van der Waals surface area contributed by atoms with Gasteiger partial charge in [0.1, 0.15) is 0 Å². The van der Waals surface area contributed by atoms with E-state index in [1.165, 1.54) is 0 Å². The van der Waals surface area contributed by atoms with Gasteiger partial charge < -0.3 is 15.2 Å². The van der Waals surface area contributed by atoms with Gasteiger partial charge in [-0.1, -0.05) is 0 Å². The molecular formula is C13H20N4O2. The van der Waals surface area contributed by atoms with Crippen molar-refractivity contribution in [3.8, 4) is 0 Å². The molecule has 0 aliphatic carbocycles. The average molecular weight is 264 g/mol. The van der Waals surface area contributed by atoms with Gasteiger partial charge in [-0.05, 0) is 18.6 Å². The normalized spacial score (nSPS) is 13.1. The summed E-state index contributed by atoms with van der Waals surface area (Å²) >= 11 is 0. The molecule has 1 atom stereocenters. The van der Waals surface area contributed by atoms with Crippen molar-refractivity contribution < 1.29 is 9.84 Å². The lowest BCUT2D eigenvalue weighted by Crippen LogP contribution is -2.35. The van der Waals surface area contributed by atoms with E-state index >= 15 is 0 Å². The molecule has 6 heteroatoms. The zero-order valence-electron chi connectivity index (χ0n) is 11.6. The van der Waals surface area contributed by atoms with Crippen LogP contribution in [0.1, 0.15) is 11.3 Å². The maximum Gasteiger partial charge on any atom is 0.157 e. The van der Waals surface area contributed by atoms with E-state index in [-0.39, 0.29) is 12.6 Å². The first-order valence-corrected chi connectivity index (χ1v) is 6.27. The quantitative estimate of drug-likeness (QED) is 0.789. The van der Waals surface area contributed by atoms with Crippen molar-refractivity contribution in [1.29, 1.82) is 0 Å². The number of hydrogen-bond donors (Lipinski definition) is 2. The number of ether oxygens (including phenoxy) is 1. The Bertz CT molecular complexity index is 553. The lowest BCUT2D eigenvalue weighted by molar-refractivity contribution is 0.128. The Morgan fingerprint density at radius 3 is 3.00 bits per heavy atom. The van der Waals surface area contributed by atoms with E-state index in [0.29, 0.717) is 13.2 Å². The lowest BCUT2D eigenvalue weighted by atomic mass is 10.2. The third-order valence-corrected chi connectivity index (χ3v) is 3.10. The van der Waals surface area contributed by atoms with Crippen molar-refractivity contribution in [2.75, 3.05) is 20.3 Å². The van der Waals surface area contributed by atoms with Gasteiger partial charge in [0.05, 0.1) is 24.9 Å². The maximum absolute atomic E-state index is 9.18. The summed E-state index contributed by atoms with van der Waals surface area (Å²) in [7, 11) is 3.51. The molecule has 0 amide bonds. The van der Waals surface area contributed by atoms with Gasteiger partial charge in [0.25, 0.3) is 0 Å². The first-order valence-electron chi connectivity index (χ1n) is 6.27. The highest BCUT2D eigenvalue weighted by Gasteiger charge is 2.09. The zero-order valence-corrected chi connectivity index (χ0v) is 11.6. The number of aliphatic hydroxyl groups excluding tert-OH is 1. The number of hydrogen-bond acceptors (Lipinski definition) is 5. The SMILES string of the molecule is COCC(CO)NCc1cnc2c(c1)c(C)nn2C. The topological polar surface area (TPSA) is 72.2 Å². The van der Waals surface area contributed by atoms with Gasteiger partial charge >= 0.3 is 0 Å². The van der Waals surface area contributed by atoms with Crippen LogP contribution >= 0.6 is 0 Å². The predicted molar refractivity (Wildman–Crippen MR) is 72.8 cm³/mol. The molecule has 0 radical (unpaired) electrons. The van der Waals surface area contributed by atoms with Crippen molar-refractivity contribution in [2.24, 2.45) is 7.05 Å². The van der Waals surface area contributed by atoms with E-state index < -0.39 is 0 Å². The molecule has 0 aliphatic heterocycles. The third-order valence-electron chi connectivity index (χ3n) is 3.10. The first-order chi connectivity index (χ1) is 9.15. The van der Waals surface area contributed by atoms with Crippen molar-refractivity contribution in [3.63, 3.8) is 0 Å². The Morgan fingerprint density at radius 1 is 1.53 bits per heavy atom. The van der Waals surface area contributed by atoms with Gasteiger partial charge in [-0.25, -0.2) is 4.98 Å². The molecule has 0 fully saturated rings. The van der Waals surface area contributed by atoms with Crippen LogP contribution in [0.4, 0.5) is 0 Å². The fourth-order valence-corrected chi connectivity index (χ4v) is 2.09. The molecule has 19 heavy (non-hydrogen) atoms. The summed E-state index contributed by atoms with van der Waals surface area (Å²) in [5.41, 5.74) is 2.93. The molecule has 0 saturated carbocycles. The highest BCUT2D eigenvalue weighted by Crippen LogP contribution is 2.16. The smallest absolute Gasteiger partial charge is 0.157 e. The van der Waals surface area contributed by atoms with Gasteiger partial charge in [-0.3, -0.25) is 4.68 Å². The molecule has 1 unspecified atom stereocenters. The Kier molecular flexibility index (Phi) is 4.47. The first kappa shape index (κ1) is 13.9. The summed E-state index contributed by atoms with van der Waals surface area (Å²) < 4.78 is 6.81. The second-order valence-electron chi connectivity index (χ2n) is 4.64. The minimum absolute atomic E-state index is 0.0510. The molecule has 6 nitrogen and oxygen atoms in total. The van der Waals surface area contributed by atoms with Crippen LogP contribution in [0, 0.1) is 6.92 Å². The monoisotopic (exact) mass is 264 g/mol. The van der Waals surface area contributed by atoms with Crippen LogP contribution in [0.3, 0.4) is 0 Å². The van der Waals surface area contributed by atoms with Crippen LogP contribution < -0.4 is 5.32 Å². The average Bonchev–Trinajstić information content (AvgIpc) is 2.70. The number of aliphatic hydroxyl groups is 1. The number of aromatic nitrogens is 3. The second-order valence-corrected chi connectivity index (χ2v) is 4.64. The second kappa shape index (κ2) is 6.10. The summed E-state index contributed by atoms with van der Waals surface area (Å²) in [5, 5.41) is 17.8. The number of methoxy groups -OCH3 is 1. The van der Waals surface area contributed by atoms with Crippen molar-refractivity contribution in [2.45, 2.75) is 19.5 Å². The Hall–Kier alpha value is -1.50. The largest absolute Gasteiger partial charge is 0.395 e. The van der Waals surface area contributed by atoms with E-state index in [0.717, 1.165) is 22.3 Å². The zero-order chi connectivity index (χ0) is 13.8. The van der Waals surface area contributed by atoms with Crippen LogP contribution in [-0.4, -0.2) is 46.2 Å². The van der Waals surface area contributed by atoms with Gasteiger partial charge in [0.2, 0.25) is 0 Å². The Labute approximate surface area is 112 Å². The number of fused-ring (bicyclic) bond motifs is 1. The number of aryl methyl sites for hydroxylation is 2. The molecule has 0 aromatic carbocycles. The summed E-state index contributed by atoms with van der Waals surface area (Å²) in [6, 6.07) is 2.02. The van der Waals surface area contributed by atoms with Gasteiger partial charge in [-0.15, -0.1) is 0 Å². The standard InChI is InChI=1S/C13H20N4O2/c1-9-12-4-10(5-14-11(7-18)8-19-3)6-15-13(12)17(2)16-9/h4,6,11,14,18H,5,7-8H2,1-3H3. The highest BCUT2D eigenvalue weighted by molar-refractivity contribution is 5.78. The number of nitrogens with zero attached hydrogens (tertiary/aromatic N) is 3. The lowest BCUT2D eigenvalue weighted by Gasteiger charge is -2.14. The Morgan fingerprint density at radius 2 is 2.32 bits per heavy atom. The molecule has 2 aromatic rings. The molecule has 2 rings (SSSR count). The van der Waals surface area contributed by atoms with Crippen LogP contribution in [0.2, 0.25) is 0 Å². The molecule has 2 heterocycles. The molecule has 104 valence electrons. The summed E-state index contributed by atoms with van der Waals surface area (Å²) in [6.45, 7) is 3.15. The summed E-state index contributed by atoms with van der Waals surface area (Å²) in [4.78, 5) is 4.42. The van der Waals surface area contributed by atoms with Gasteiger partial charge in [0.15, 0.2) is 5.65 Å². The van der Waals surface area contributed by atoms with Gasteiger partial charge in [-0.2, -0.15) is 5.10 Å². The molecule has 0 spiro atoms. The number of nitrogens with one attached hydrogen (secondary N) is 1. The fourth-order valence-electron chi connectivity index (χ4n) is 2.09. The number of rotatable bonds is 6. The Balaban J connectivity index is 2.11. The van der Waals surface area contributed by atoms with E-state index in [2.05, 4.69) is 21.5 Å². The van der Waals surface area contributed by atoms with Crippen LogP contribution in [-0.2, 0) is 18.3 Å². The van der Waals surface area contributed by atoms with E-state index in [1.54, 1.807) is 11.8 Å². The van der Waals surface area contributed by atoms with E-state index in [1.807, 2.05) is 20.2 Å². The minimum Gasteiger partial charge on any atom is -0.395 e. The highest BCUT2D eigenvalue weighted by atomic mass is 16.5. The van der Waals surface area contributed by atoms with Crippen molar-refractivity contribution in [3.05, 3.63) is 23.5 Å². The van der Waals surface area contributed by atoms with Crippen LogP contribution in [0.15, 0.2) is 12.3 Å². The molecule has 0 saturated heterocycles. The minimum atomic E-state index is -0.0595. The van der Waals surface area contributed by atoms with Crippen molar-refractivity contribution >= 4 is 11.0 Å². The van der Waals surface area contributed by atoms with E-state index in [9.17, 15) is 5.11 Å². The molecular weight excluding hydrogens is 244 g/mol. The van der Waals surface area contributed by atoms with Gasteiger partial charge in [0, 0.05) is 32.3 Å². The van der Waals surface area contributed by atoms with E-state index in [4.69, 9.17) is 4.74 Å². The summed E-state index contributed by atoms with van der Waals surface area (Å²) in [6.07, 6.45) is 1.83. The molecule has 0 bridgehead atoms.